The molecule has 0 fully saturated rings. The number of anilines is 3. The number of H-pyrrole nitrogens is 1. The second-order valence-corrected chi connectivity index (χ2v) is 13.2. The van der Waals surface area contributed by atoms with Gasteiger partial charge in [-0.1, -0.05) is 114 Å². The van der Waals surface area contributed by atoms with Crippen molar-refractivity contribution in [3.63, 3.8) is 0 Å². The van der Waals surface area contributed by atoms with Crippen LogP contribution in [0, 0.1) is 0 Å². The van der Waals surface area contributed by atoms with E-state index in [2.05, 4.69) is 137 Å². The number of para-hydroxylation sites is 4. The first-order chi connectivity index (χ1) is 22.3. The molecule has 5 heteroatoms. The van der Waals surface area contributed by atoms with Gasteiger partial charge in [0.15, 0.2) is 7.28 Å². The van der Waals surface area contributed by atoms with E-state index in [0.29, 0.717) is 0 Å². The fourth-order valence-corrected chi connectivity index (χ4v) is 9.03. The van der Waals surface area contributed by atoms with Crippen molar-refractivity contribution in [3.05, 3.63) is 127 Å². The number of benzene rings is 7. The SMILES string of the molecule is B1c2cccc3c2N(c2ccccc2S3)c2cc3oc4ccccc4c3c(-c3cccc4c3[nH]c3c5ccccc5ccc43)c21. The zero-order valence-electron chi connectivity index (χ0n) is 24.1. The molecule has 0 atom stereocenters. The van der Waals surface area contributed by atoms with Crippen LogP contribution in [0.3, 0.4) is 0 Å². The monoisotopic (exact) mass is 590 g/mol. The van der Waals surface area contributed by atoms with Gasteiger partial charge in [-0.2, -0.15) is 0 Å². The van der Waals surface area contributed by atoms with E-state index in [1.54, 1.807) is 0 Å². The Hall–Kier alpha value is -5.39. The van der Waals surface area contributed by atoms with Crippen molar-refractivity contribution < 1.29 is 4.42 Å². The summed E-state index contributed by atoms with van der Waals surface area (Å²) in [5, 5.41) is 7.31. The molecular weight excluding hydrogens is 567 g/mol. The molecule has 2 aliphatic heterocycles. The van der Waals surface area contributed by atoms with E-state index in [9.17, 15) is 0 Å². The summed E-state index contributed by atoms with van der Waals surface area (Å²) in [4.78, 5) is 8.99. The third-order valence-electron chi connectivity index (χ3n) is 9.79. The van der Waals surface area contributed by atoms with E-state index in [1.165, 1.54) is 81.4 Å². The predicted molar refractivity (Wildman–Crippen MR) is 191 cm³/mol. The van der Waals surface area contributed by atoms with E-state index in [4.69, 9.17) is 4.42 Å². The van der Waals surface area contributed by atoms with E-state index >= 15 is 0 Å². The molecule has 0 aliphatic carbocycles. The van der Waals surface area contributed by atoms with Crippen LogP contribution in [0.25, 0.3) is 65.6 Å². The quantitative estimate of drug-likeness (QED) is 0.193. The lowest BCUT2D eigenvalue weighted by Gasteiger charge is -2.39. The lowest BCUT2D eigenvalue weighted by atomic mass is 9.57. The predicted octanol–water partition coefficient (Wildman–Crippen LogP) is 9.68. The summed E-state index contributed by atoms with van der Waals surface area (Å²) in [5.41, 5.74) is 13.0. The van der Waals surface area contributed by atoms with Gasteiger partial charge >= 0.3 is 0 Å². The molecule has 11 rings (SSSR count). The number of hydrogen-bond donors (Lipinski definition) is 1. The highest BCUT2D eigenvalue weighted by atomic mass is 32.2. The molecule has 2 aliphatic rings. The van der Waals surface area contributed by atoms with E-state index in [1.807, 2.05) is 11.8 Å². The number of fused-ring (bicyclic) bond motifs is 12. The minimum atomic E-state index is 0.849. The van der Waals surface area contributed by atoms with Crippen LogP contribution in [0.2, 0.25) is 0 Å². The van der Waals surface area contributed by atoms with Gasteiger partial charge in [0.05, 0.1) is 22.4 Å². The van der Waals surface area contributed by atoms with Crippen LogP contribution in [0.5, 0.6) is 0 Å². The van der Waals surface area contributed by atoms with Gasteiger partial charge in [0.2, 0.25) is 0 Å². The van der Waals surface area contributed by atoms with Crippen LogP contribution >= 0.6 is 11.8 Å². The first-order valence-corrected chi connectivity index (χ1v) is 16.2. The van der Waals surface area contributed by atoms with Crippen LogP contribution in [0.1, 0.15) is 0 Å². The van der Waals surface area contributed by atoms with Crippen LogP contribution in [-0.2, 0) is 0 Å². The number of aromatic nitrogens is 1. The van der Waals surface area contributed by atoms with Crippen molar-refractivity contribution in [2.75, 3.05) is 4.90 Å². The van der Waals surface area contributed by atoms with Gasteiger partial charge < -0.3 is 14.3 Å². The fourth-order valence-electron chi connectivity index (χ4n) is 7.92. The highest BCUT2D eigenvalue weighted by Crippen LogP contribution is 2.53. The molecule has 4 heterocycles. The fraction of sp³-hybridized carbons (Fsp3) is 0. The van der Waals surface area contributed by atoms with Crippen molar-refractivity contribution >= 4 is 102 Å². The molecule has 3 nitrogen and oxygen atoms in total. The maximum Gasteiger partial charge on any atom is 0.198 e. The Morgan fingerprint density at radius 2 is 1.38 bits per heavy atom. The highest BCUT2D eigenvalue weighted by molar-refractivity contribution is 7.99. The molecule has 0 saturated carbocycles. The van der Waals surface area contributed by atoms with Crippen molar-refractivity contribution in [1.29, 1.82) is 0 Å². The van der Waals surface area contributed by atoms with Crippen molar-refractivity contribution in [2.24, 2.45) is 0 Å². The largest absolute Gasteiger partial charge is 0.456 e. The molecule has 0 bridgehead atoms. The Morgan fingerprint density at radius 3 is 2.36 bits per heavy atom. The summed E-state index contributed by atoms with van der Waals surface area (Å²) in [6.07, 6.45) is 0. The maximum atomic E-state index is 6.68. The van der Waals surface area contributed by atoms with Gasteiger partial charge in [-0.05, 0) is 40.7 Å². The lowest BCUT2D eigenvalue weighted by molar-refractivity contribution is 0.669. The molecule has 9 aromatic rings. The second kappa shape index (κ2) is 8.62. The Kier molecular flexibility index (Phi) is 4.60. The molecule has 1 N–H and O–H groups in total. The Bertz CT molecular complexity index is 2740. The molecule has 2 aromatic heterocycles. The average molecular weight is 591 g/mol. The van der Waals surface area contributed by atoms with Gasteiger partial charge in [0.1, 0.15) is 11.2 Å². The molecule has 0 amide bonds. The molecule has 0 unspecified atom stereocenters. The molecule has 0 saturated heterocycles. The highest BCUT2D eigenvalue weighted by Gasteiger charge is 2.35. The van der Waals surface area contributed by atoms with E-state index < -0.39 is 0 Å². The molecule has 7 aromatic carbocycles. The summed E-state index contributed by atoms with van der Waals surface area (Å²) in [6, 6.07) is 46.3. The van der Waals surface area contributed by atoms with Crippen LogP contribution in [0.15, 0.2) is 142 Å². The molecule has 208 valence electrons. The average Bonchev–Trinajstić information content (AvgIpc) is 3.66. The standard InChI is InChI=1S/C40H23BN2OS/c1-2-10-23-22(9-1)19-20-25-24-12-7-13-27(39(24)42-38(23)25)36-35-26-11-3-5-16-31(26)44-32(35)21-30-37(36)41-28-14-8-18-34-40(28)43(30)29-15-4-6-17-33(29)45-34/h1-21,41-42H. The number of rotatable bonds is 1. The van der Waals surface area contributed by atoms with Crippen molar-refractivity contribution in [2.45, 2.75) is 9.79 Å². The summed E-state index contributed by atoms with van der Waals surface area (Å²) in [5.74, 6) is 0. The number of nitrogens with one attached hydrogen (secondary N) is 1. The van der Waals surface area contributed by atoms with Crippen molar-refractivity contribution in [3.8, 4) is 11.1 Å². The summed E-state index contributed by atoms with van der Waals surface area (Å²) in [6.45, 7) is 0. The summed E-state index contributed by atoms with van der Waals surface area (Å²) < 4.78 is 6.68. The maximum absolute atomic E-state index is 6.68. The van der Waals surface area contributed by atoms with Gasteiger partial charge in [0, 0.05) is 54.0 Å². The topological polar surface area (TPSA) is 32.2 Å². The minimum absolute atomic E-state index is 0.849. The number of furan rings is 1. The van der Waals surface area contributed by atoms with Gasteiger partial charge in [-0.15, -0.1) is 0 Å². The first-order valence-electron chi connectivity index (χ1n) is 15.4. The van der Waals surface area contributed by atoms with Crippen LogP contribution in [-0.4, -0.2) is 12.3 Å². The first kappa shape index (κ1) is 24.0. The Balaban J connectivity index is 1.31. The third-order valence-corrected chi connectivity index (χ3v) is 10.9. The van der Waals surface area contributed by atoms with Crippen molar-refractivity contribution in [1.82, 2.24) is 4.98 Å². The third kappa shape index (κ3) is 3.13. The Morgan fingerprint density at radius 1 is 0.600 bits per heavy atom. The second-order valence-electron chi connectivity index (χ2n) is 12.1. The van der Waals surface area contributed by atoms with Gasteiger partial charge in [-0.3, -0.25) is 0 Å². The van der Waals surface area contributed by atoms with Crippen LogP contribution in [0.4, 0.5) is 17.1 Å². The van der Waals surface area contributed by atoms with Gasteiger partial charge in [-0.25, -0.2) is 0 Å². The van der Waals surface area contributed by atoms with E-state index in [0.717, 1.165) is 29.3 Å². The summed E-state index contributed by atoms with van der Waals surface area (Å²) in [7, 11) is 0.849. The number of nitrogens with zero attached hydrogens (tertiary/aromatic N) is 1. The zero-order chi connectivity index (χ0) is 29.2. The molecule has 0 spiro atoms. The number of aromatic amines is 1. The van der Waals surface area contributed by atoms with Crippen LogP contribution < -0.4 is 15.8 Å². The van der Waals surface area contributed by atoms with Gasteiger partial charge in [0.25, 0.3) is 0 Å². The van der Waals surface area contributed by atoms with E-state index in [-0.39, 0.29) is 0 Å². The minimum Gasteiger partial charge on any atom is -0.456 e. The zero-order valence-corrected chi connectivity index (χ0v) is 24.9. The molecular formula is C40H23BN2OS. The normalized spacial score (nSPS) is 13.4. The number of hydrogen-bond acceptors (Lipinski definition) is 3. The smallest absolute Gasteiger partial charge is 0.198 e. The Labute approximate surface area is 263 Å². The summed E-state index contributed by atoms with van der Waals surface area (Å²) >= 11 is 1.87. The molecule has 45 heavy (non-hydrogen) atoms. The lowest BCUT2D eigenvalue weighted by Crippen LogP contribution is -2.42. The molecule has 0 radical (unpaired) electrons.